The quantitative estimate of drug-likeness (QED) is 0.449. The Bertz CT molecular complexity index is 292. The molecule has 0 aliphatic heterocycles. The van der Waals surface area contributed by atoms with Crippen molar-refractivity contribution in [3.8, 4) is 0 Å². The van der Waals surface area contributed by atoms with Gasteiger partial charge in [0.05, 0.1) is 0 Å². The molecule has 0 saturated carbocycles. The minimum atomic E-state index is -0.936. The van der Waals surface area contributed by atoms with Gasteiger partial charge in [-0.1, -0.05) is 77.6 Å². The molecule has 0 aromatic heterocycles. The average molecular weight is 313 g/mol. The molecule has 0 bridgehead atoms. The number of rotatable bonds is 15. The van der Waals surface area contributed by atoms with Gasteiger partial charge >= 0.3 is 5.97 Å². The second kappa shape index (κ2) is 14.9. The van der Waals surface area contributed by atoms with Gasteiger partial charge in [0.2, 0.25) is 5.91 Å². The van der Waals surface area contributed by atoms with Crippen LogP contribution in [0.3, 0.4) is 0 Å². The molecule has 4 heteroatoms. The van der Waals surface area contributed by atoms with E-state index in [4.69, 9.17) is 5.11 Å². The summed E-state index contributed by atoms with van der Waals surface area (Å²) < 4.78 is 0. The van der Waals surface area contributed by atoms with Crippen LogP contribution in [0.25, 0.3) is 0 Å². The summed E-state index contributed by atoms with van der Waals surface area (Å²) in [7, 11) is 0. The van der Waals surface area contributed by atoms with Crippen molar-refractivity contribution in [3.05, 3.63) is 0 Å². The van der Waals surface area contributed by atoms with Crippen LogP contribution in [0.4, 0.5) is 0 Å². The SMILES string of the molecule is CCCCCCCCCCCCCCN(CC(=O)O)C(C)=O. The Morgan fingerprint density at radius 3 is 1.55 bits per heavy atom. The Kier molecular flexibility index (Phi) is 14.1. The van der Waals surface area contributed by atoms with Gasteiger partial charge < -0.3 is 10.0 Å². The lowest BCUT2D eigenvalue weighted by molar-refractivity contribution is -0.143. The zero-order valence-corrected chi connectivity index (χ0v) is 14.6. The highest BCUT2D eigenvalue weighted by Gasteiger charge is 2.11. The van der Waals surface area contributed by atoms with Crippen molar-refractivity contribution >= 4 is 11.9 Å². The van der Waals surface area contributed by atoms with E-state index in [1.165, 1.54) is 76.0 Å². The monoisotopic (exact) mass is 313 g/mol. The van der Waals surface area contributed by atoms with Gasteiger partial charge in [-0.15, -0.1) is 0 Å². The summed E-state index contributed by atoms with van der Waals surface area (Å²) in [5, 5.41) is 8.73. The Balaban J connectivity index is 3.35. The van der Waals surface area contributed by atoms with Gasteiger partial charge in [0.15, 0.2) is 0 Å². The number of amides is 1. The van der Waals surface area contributed by atoms with E-state index >= 15 is 0 Å². The first kappa shape index (κ1) is 20.9. The zero-order chi connectivity index (χ0) is 16.6. The van der Waals surface area contributed by atoms with E-state index in [9.17, 15) is 9.59 Å². The number of aliphatic carboxylic acids is 1. The van der Waals surface area contributed by atoms with Crippen LogP contribution < -0.4 is 0 Å². The molecule has 0 saturated heterocycles. The van der Waals surface area contributed by atoms with Crippen LogP contribution >= 0.6 is 0 Å². The Labute approximate surface area is 136 Å². The summed E-state index contributed by atoms with van der Waals surface area (Å²) in [6.07, 6.45) is 15.3. The van der Waals surface area contributed by atoms with Gasteiger partial charge in [0, 0.05) is 13.5 Å². The van der Waals surface area contributed by atoms with Crippen molar-refractivity contribution in [1.82, 2.24) is 4.90 Å². The van der Waals surface area contributed by atoms with Crippen molar-refractivity contribution in [2.24, 2.45) is 0 Å². The van der Waals surface area contributed by atoms with Crippen molar-refractivity contribution in [2.45, 2.75) is 90.9 Å². The Morgan fingerprint density at radius 2 is 1.18 bits per heavy atom. The molecule has 0 aliphatic carbocycles. The minimum absolute atomic E-state index is 0.148. The maximum absolute atomic E-state index is 11.3. The average Bonchev–Trinajstić information content (AvgIpc) is 2.46. The van der Waals surface area contributed by atoms with Gasteiger partial charge in [-0.3, -0.25) is 9.59 Å². The summed E-state index contributed by atoms with van der Waals surface area (Å²) >= 11 is 0. The van der Waals surface area contributed by atoms with Gasteiger partial charge in [0.1, 0.15) is 6.54 Å². The highest BCUT2D eigenvalue weighted by molar-refractivity contribution is 5.79. The van der Waals surface area contributed by atoms with E-state index in [1.807, 2.05) is 0 Å². The number of hydrogen-bond acceptors (Lipinski definition) is 2. The first-order valence-corrected chi connectivity index (χ1v) is 9.05. The van der Waals surface area contributed by atoms with Gasteiger partial charge in [0.25, 0.3) is 0 Å². The van der Waals surface area contributed by atoms with E-state index in [-0.39, 0.29) is 12.5 Å². The molecule has 4 nitrogen and oxygen atoms in total. The summed E-state index contributed by atoms with van der Waals surface area (Å²) in [5.41, 5.74) is 0. The predicted molar refractivity (Wildman–Crippen MR) is 91.0 cm³/mol. The summed E-state index contributed by atoms with van der Waals surface area (Å²) in [5.74, 6) is -1.08. The van der Waals surface area contributed by atoms with Crippen LogP contribution in [-0.2, 0) is 9.59 Å². The normalized spacial score (nSPS) is 10.6. The molecule has 22 heavy (non-hydrogen) atoms. The molecule has 0 heterocycles. The number of hydrogen-bond donors (Lipinski definition) is 1. The fourth-order valence-electron chi connectivity index (χ4n) is 2.65. The molecular weight excluding hydrogens is 278 g/mol. The molecule has 0 radical (unpaired) electrons. The standard InChI is InChI=1S/C18H35NO3/c1-3-4-5-6-7-8-9-10-11-12-13-14-15-19(17(2)20)16-18(21)22/h3-16H2,1-2H3,(H,21,22). The van der Waals surface area contributed by atoms with E-state index < -0.39 is 5.97 Å². The lowest BCUT2D eigenvalue weighted by atomic mass is 10.1. The molecule has 0 atom stereocenters. The lowest BCUT2D eigenvalue weighted by Crippen LogP contribution is -2.34. The molecule has 0 aliphatic rings. The molecule has 1 N–H and O–H groups in total. The minimum Gasteiger partial charge on any atom is -0.480 e. The van der Waals surface area contributed by atoms with Gasteiger partial charge in [-0.2, -0.15) is 0 Å². The highest BCUT2D eigenvalue weighted by Crippen LogP contribution is 2.12. The molecule has 1 amide bonds. The van der Waals surface area contributed by atoms with E-state index in [2.05, 4.69) is 6.92 Å². The third-order valence-electron chi connectivity index (χ3n) is 4.05. The number of carboxylic acid groups (broad SMARTS) is 1. The van der Waals surface area contributed by atoms with Crippen molar-refractivity contribution < 1.29 is 14.7 Å². The van der Waals surface area contributed by atoms with Gasteiger partial charge in [-0.05, 0) is 6.42 Å². The molecule has 0 rings (SSSR count). The molecular formula is C18H35NO3. The number of carbonyl (C=O) groups is 2. The van der Waals surface area contributed by atoms with Crippen LogP contribution in [0.2, 0.25) is 0 Å². The third kappa shape index (κ3) is 13.9. The smallest absolute Gasteiger partial charge is 0.323 e. The molecule has 0 aromatic carbocycles. The number of carboxylic acids is 1. The summed E-state index contributed by atoms with van der Waals surface area (Å²) in [6, 6.07) is 0. The zero-order valence-electron chi connectivity index (χ0n) is 14.6. The van der Waals surface area contributed by atoms with Crippen molar-refractivity contribution in [2.75, 3.05) is 13.1 Å². The second-order valence-electron chi connectivity index (χ2n) is 6.22. The summed E-state index contributed by atoms with van der Waals surface area (Å²) in [6.45, 7) is 4.08. The fourth-order valence-corrected chi connectivity index (χ4v) is 2.65. The van der Waals surface area contributed by atoms with E-state index in [0.717, 1.165) is 12.8 Å². The number of unbranched alkanes of at least 4 members (excludes halogenated alkanes) is 11. The van der Waals surface area contributed by atoms with Crippen LogP contribution in [0.15, 0.2) is 0 Å². The van der Waals surface area contributed by atoms with E-state index in [1.54, 1.807) is 0 Å². The van der Waals surface area contributed by atoms with Crippen LogP contribution in [0.1, 0.15) is 90.9 Å². The largest absolute Gasteiger partial charge is 0.480 e. The molecule has 0 unspecified atom stereocenters. The van der Waals surface area contributed by atoms with E-state index in [0.29, 0.717) is 6.54 Å². The Morgan fingerprint density at radius 1 is 0.773 bits per heavy atom. The van der Waals surface area contributed by atoms with Crippen molar-refractivity contribution in [3.63, 3.8) is 0 Å². The molecule has 0 fully saturated rings. The molecule has 0 spiro atoms. The highest BCUT2D eigenvalue weighted by atomic mass is 16.4. The second-order valence-corrected chi connectivity index (χ2v) is 6.22. The first-order chi connectivity index (χ1) is 10.6. The van der Waals surface area contributed by atoms with Crippen LogP contribution in [-0.4, -0.2) is 35.0 Å². The van der Waals surface area contributed by atoms with Crippen molar-refractivity contribution in [1.29, 1.82) is 0 Å². The Hall–Kier alpha value is -1.06. The number of carbonyl (C=O) groups excluding carboxylic acids is 1. The predicted octanol–water partition coefficient (Wildman–Crippen LogP) is 4.62. The van der Waals surface area contributed by atoms with Crippen LogP contribution in [0.5, 0.6) is 0 Å². The molecule has 0 aromatic rings. The molecule has 130 valence electrons. The maximum atomic E-state index is 11.3. The van der Waals surface area contributed by atoms with Crippen LogP contribution in [0, 0.1) is 0 Å². The fraction of sp³-hybridized carbons (Fsp3) is 0.889. The number of nitrogens with zero attached hydrogens (tertiary/aromatic N) is 1. The third-order valence-corrected chi connectivity index (χ3v) is 4.05. The first-order valence-electron chi connectivity index (χ1n) is 9.05. The maximum Gasteiger partial charge on any atom is 0.323 e. The van der Waals surface area contributed by atoms with Gasteiger partial charge in [-0.25, -0.2) is 0 Å². The topological polar surface area (TPSA) is 57.6 Å². The summed E-state index contributed by atoms with van der Waals surface area (Å²) in [4.78, 5) is 23.3. The lowest BCUT2D eigenvalue weighted by Gasteiger charge is -2.18.